The van der Waals surface area contributed by atoms with Crippen molar-refractivity contribution in [3.8, 4) is 0 Å². The Morgan fingerprint density at radius 3 is 2.35 bits per heavy atom. The molecular weight excluding hydrogens is 288 g/mol. The quantitative estimate of drug-likeness (QED) is 0.765. The highest BCUT2D eigenvalue weighted by Gasteiger charge is 2.61. The number of carboxylic acid groups (broad SMARTS) is 1. The minimum Gasteiger partial charge on any atom is -0.481 e. The molecule has 4 fully saturated rings. The van der Waals surface area contributed by atoms with Gasteiger partial charge in [0.25, 0.3) is 0 Å². The molecule has 0 spiro atoms. The first-order valence-corrected chi connectivity index (χ1v) is 9.77. The summed E-state index contributed by atoms with van der Waals surface area (Å²) in [7, 11) is 0. The summed E-state index contributed by atoms with van der Waals surface area (Å²) < 4.78 is 0. The Hall–Kier alpha value is -0.570. The predicted octanol–water partition coefficient (Wildman–Crippen LogP) is 4.09. The zero-order valence-electron chi connectivity index (χ0n) is 14.6. The third-order valence-electron chi connectivity index (χ3n) is 8.94. The number of rotatable bonds is 1. The lowest BCUT2D eigenvalue weighted by Crippen LogP contribution is -2.54. The first-order chi connectivity index (χ1) is 10.9. The fourth-order valence-electron chi connectivity index (χ4n) is 7.64. The molecule has 2 N–H and O–H groups in total. The van der Waals surface area contributed by atoms with Gasteiger partial charge in [0.15, 0.2) is 0 Å². The number of carboxylic acids is 1. The van der Waals surface area contributed by atoms with Crippen LogP contribution in [0.4, 0.5) is 0 Å². The number of aliphatic hydroxyl groups is 1. The van der Waals surface area contributed by atoms with Crippen LogP contribution >= 0.6 is 0 Å². The van der Waals surface area contributed by atoms with Crippen molar-refractivity contribution in [3.63, 3.8) is 0 Å². The second-order valence-corrected chi connectivity index (χ2v) is 9.60. The number of carbonyl (C=O) groups is 1. The van der Waals surface area contributed by atoms with E-state index in [4.69, 9.17) is 0 Å². The van der Waals surface area contributed by atoms with Crippen molar-refractivity contribution in [2.45, 2.75) is 77.7 Å². The zero-order valence-corrected chi connectivity index (χ0v) is 14.6. The van der Waals surface area contributed by atoms with E-state index in [-0.39, 0.29) is 17.4 Å². The molecule has 0 bridgehead atoms. The molecule has 0 amide bonds. The molecule has 0 aromatic carbocycles. The molecule has 3 nitrogen and oxygen atoms in total. The maximum Gasteiger partial charge on any atom is 0.307 e. The van der Waals surface area contributed by atoms with Gasteiger partial charge in [-0.2, -0.15) is 0 Å². The maximum absolute atomic E-state index is 11.7. The Bertz CT molecular complexity index is 503. The summed E-state index contributed by atoms with van der Waals surface area (Å²) in [6.07, 6.45) is 9.90. The highest BCUT2D eigenvalue weighted by molar-refractivity contribution is 5.71. The molecule has 3 heteroatoms. The monoisotopic (exact) mass is 320 g/mol. The van der Waals surface area contributed by atoms with Gasteiger partial charge in [0.1, 0.15) is 0 Å². The van der Waals surface area contributed by atoms with Gasteiger partial charge in [-0.3, -0.25) is 4.79 Å². The topological polar surface area (TPSA) is 57.5 Å². The molecule has 0 aliphatic heterocycles. The molecule has 0 aromatic heterocycles. The summed E-state index contributed by atoms with van der Waals surface area (Å²) in [5.41, 5.74) is 0.426. The summed E-state index contributed by atoms with van der Waals surface area (Å²) in [6, 6.07) is 0. The van der Waals surface area contributed by atoms with Gasteiger partial charge in [-0.25, -0.2) is 0 Å². The molecular formula is C20H32O3. The second-order valence-electron chi connectivity index (χ2n) is 9.60. The van der Waals surface area contributed by atoms with Gasteiger partial charge in [-0.05, 0) is 92.3 Å². The number of aliphatic hydroxyl groups excluding tert-OH is 1. The molecule has 8 atom stereocenters. The summed E-state index contributed by atoms with van der Waals surface area (Å²) in [5, 5.41) is 19.7. The van der Waals surface area contributed by atoms with E-state index < -0.39 is 5.97 Å². The van der Waals surface area contributed by atoms with Crippen LogP contribution in [-0.4, -0.2) is 22.3 Å². The van der Waals surface area contributed by atoms with Gasteiger partial charge in [0, 0.05) is 0 Å². The molecule has 4 aliphatic carbocycles. The first kappa shape index (κ1) is 15.9. The molecule has 0 radical (unpaired) electrons. The van der Waals surface area contributed by atoms with Crippen LogP contribution in [0.25, 0.3) is 0 Å². The van der Waals surface area contributed by atoms with E-state index in [0.29, 0.717) is 17.3 Å². The molecule has 4 saturated carbocycles. The van der Waals surface area contributed by atoms with Crippen molar-refractivity contribution in [3.05, 3.63) is 0 Å². The van der Waals surface area contributed by atoms with E-state index in [0.717, 1.165) is 43.9 Å². The van der Waals surface area contributed by atoms with Gasteiger partial charge in [-0.15, -0.1) is 0 Å². The van der Waals surface area contributed by atoms with Crippen molar-refractivity contribution in [1.82, 2.24) is 0 Å². The van der Waals surface area contributed by atoms with Gasteiger partial charge in [0.2, 0.25) is 0 Å². The molecule has 4 aliphatic rings. The van der Waals surface area contributed by atoms with E-state index in [1.165, 1.54) is 25.7 Å². The van der Waals surface area contributed by atoms with Crippen molar-refractivity contribution in [2.75, 3.05) is 0 Å². The predicted molar refractivity (Wildman–Crippen MR) is 88.9 cm³/mol. The largest absolute Gasteiger partial charge is 0.481 e. The second kappa shape index (κ2) is 5.21. The Morgan fingerprint density at radius 2 is 1.61 bits per heavy atom. The molecule has 130 valence electrons. The molecule has 0 heterocycles. The van der Waals surface area contributed by atoms with Crippen LogP contribution in [0.15, 0.2) is 0 Å². The van der Waals surface area contributed by atoms with Crippen LogP contribution in [0.3, 0.4) is 0 Å². The van der Waals surface area contributed by atoms with Gasteiger partial charge >= 0.3 is 5.97 Å². The van der Waals surface area contributed by atoms with Crippen molar-refractivity contribution in [1.29, 1.82) is 0 Å². The third-order valence-corrected chi connectivity index (χ3v) is 8.94. The SMILES string of the molecule is C[C@]12CCC3C(CC[C@H]4C[C@@H](O)CC[C@]34C)C1CC[C@@H]2C(=O)O. The third kappa shape index (κ3) is 2.14. The standard InChI is InChI=1S/C20H32O3/c1-19-9-7-13(21)11-12(19)3-4-14-15-5-6-17(18(22)23)20(15,2)10-8-16(14)19/h12-17,21H,3-11H2,1-2H3,(H,22,23)/t12-,13-,14?,15?,16?,17+,19-,20-/m0/s1. The highest BCUT2D eigenvalue weighted by Crippen LogP contribution is 2.67. The van der Waals surface area contributed by atoms with Crippen LogP contribution in [0.2, 0.25) is 0 Å². The Balaban J connectivity index is 1.61. The number of aliphatic carboxylic acids is 1. The molecule has 4 rings (SSSR count). The molecule has 0 saturated heterocycles. The lowest BCUT2D eigenvalue weighted by Gasteiger charge is -2.60. The van der Waals surface area contributed by atoms with E-state index in [9.17, 15) is 15.0 Å². The van der Waals surface area contributed by atoms with E-state index in [1.807, 2.05) is 0 Å². The lowest BCUT2D eigenvalue weighted by atomic mass is 9.44. The maximum atomic E-state index is 11.7. The van der Waals surface area contributed by atoms with Crippen LogP contribution in [0, 0.1) is 40.4 Å². The smallest absolute Gasteiger partial charge is 0.307 e. The minimum absolute atomic E-state index is 0.0321. The lowest BCUT2D eigenvalue weighted by molar-refractivity contribution is -0.154. The van der Waals surface area contributed by atoms with E-state index in [1.54, 1.807) is 0 Å². The molecule has 23 heavy (non-hydrogen) atoms. The van der Waals surface area contributed by atoms with Crippen LogP contribution in [0.5, 0.6) is 0 Å². The Labute approximate surface area is 139 Å². The highest BCUT2D eigenvalue weighted by atomic mass is 16.4. The van der Waals surface area contributed by atoms with Gasteiger partial charge < -0.3 is 10.2 Å². The van der Waals surface area contributed by atoms with Crippen LogP contribution in [0.1, 0.15) is 71.6 Å². The summed E-state index contributed by atoms with van der Waals surface area (Å²) in [4.78, 5) is 11.7. The van der Waals surface area contributed by atoms with E-state index in [2.05, 4.69) is 13.8 Å². The normalized spacial score (nSPS) is 55.6. The fourth-order valence-corrected chi connectivity index (χ4v) is 7.64. The van der Waals surface area contributed by atoms with Crippen LogP contribution in [-0.2, 0) is 4.79 Å². The van der Waals surface area contributed by atoms with E-state index >= 15 is 0 Å². The molecule has 0 aromatic rings. The summed E-state index contributed by atoms with van der Waals surface area (Å²) >= 11 is 0. The average molecular weight is 320 g/mol. The van der Waals surface area contributed by atoms with Crippen molar-refractivity contribution in [2.24, 2.45) is 40.4 Å². The first-order valence-electron chi connectivity index (χ1n) is 9.77. The van der Waals surface area contributed by atoms with Crippen LogP contribution < -0.4 is 0 Å². The minimum atomic E-state index is -0.561. The van der Waals surface area contributed by atoms with Gasteiger partial charge in [-0.1, -0.05) is 13.8 Å². The van der Waals surface area contributed by atoms with Crippen molar-refractivity contribution < 1.29 is 15.0 Å². The summed E-state index contributed by atoms with van der Waals surface area (Å²) in [5.74, 6) is 2.12. The molecule has 3 unspecified atom stereocenters. The summed E-state index contributed by atoms with van der Waals surface area (Å²) in [6.45, 7) is 4.77. The fraction of sp³-hybridized carbons (Fsp3) is 0.950. The van der Waals surface area contributed by atoms with Crippen molar-refractivity contribution >= 4 is 5.97 Å². The zero-order chi connectivity index (χ0) is 16.4. The van der Waals surface area contributed by atoms with Gasteiger partial charge in [0.05, 0.1) is 12.0 Å². The number of hydrogen-bond acceptors (Lipinski definition) is 2. The number of hydrogen-bond donors (Lipinski definition) is 2. The Kier molecular flexibility index (Phi) is 3.61. The Morgan fingerprint density at radius 1 is 0.913 bits per heavy atom. The number of fused-ring (bicyclic) bond motifs is 5. The average Bonchev–Trinajstić information content (AvgIpc) is 2.85.